The van der Waals surface area contributed by atoms with E-state index in [0.29, 0.717) is 11.4 Å². The van der Waals surface area contributed by atoms with Crippen LogP contribution in [-0.4, -0.2) is 20.0 Å². The van der Waals surface area contributed by atoms with E-state index in [1.165, 1.54) is 6.07 Å². The number of nitro benzene ring substituents is 1. The summed E-state index contributed by atoms with van der Waals surface area (Å²) in [6.07, 6.45) is 0. The van der Waals surface area contributed by atoms with Gasteiger partial charge in [0.2, 0.25) is 5.82 Å². The van der Waals surface area contributed by atoms with Gasteiger partial charge in [0, 0.05) is 6.07 Å². The van der Waals surface area contributed by atoms with Gasteiger partial charge in [-0.05, 0) is 18.2 Å². The second kappa shape index (κ2) is 4.90. The maximum Gasteiger partial charge on any atom is 0.280 e. The third-order valence-electron chi connectivity index (χ3n) is 2.80. The van der Waals surface area contributed by atoms with Gasteiger partial charge in [0.25, 0.3) is 11.6 Å². The van der Waals surface area contributed by atoms with Crippen LogP contribution in [0.25, 0.3) is 23.0 Å². The van der Waals surface area contributed by atoms with Crippen molar-refractivity contribution < 1.29 is 9.45 Å². The van der Waals surface area contributed by atoms with Crippen molar-refractivity contribution in [3.8, 4) is 29.0 Å². The lowest BCUT2D eigenvalue weighted by Gasteiger charge is -1.96. The minimum Gasteiger partial charge on any atom is -0.342 e. The van der Waals surface area contributed by atoms with Crippen LogP contribution in [0.1, 0.15) is 5.69 Å². The fraction of sp³-hybridized carbons (Fsp3) is 0. The van der Waals surface area contributed by atoms with Crippen molar-refractivity contribution in [1.82, 2.24) is 15.1 Å². The van der Waals surface area contributed by atoms with E-state index in [-0.39, 0.29) is 23.0 Å². The highest BCUT2D eigenvalue weighted by atomic mass is 16.6. The van der Waals surface area contributed by atoms with E-state index in [1.807, 2.05) is 6.07 Å². The largest absolute Gasteiger partial charge is 0.342 e. The van der Waals surface area contributed by atoms with E-state index in [0.717, 1.165) is 0 Å². The van der Waals surface area contributed by atoms with E-state index < -0.39 is 4.92 Å². The molecular weight excluding hydrogens is 274 g/mol. The number of benzene rings is 1. The normalized spacial score (nSPS) is 10.2. The Morgan fingerprint density at radius 3 is 2.81 bits per heavy atom. The Balaban J connectivity index is 2.03. The molecule has 21 heavy (non-hydrogen) atoms. The number of hydrogen-bond donors (Lipinski definition) is 1. The summed E-state index contributed by atoms with van der Waals surface area (Å²) >= 11 is 0. The Morgan fingerprint density at radius 1 is 1.29 bits per heavy atom. The summed E-state index contributed by atoms with van der Waals surface area (Å²) in [6.45, 7) is 0. The van der Waals surface area contributed by atoms with Gasteiger partial charge >= 0.3 is 0 Å². The first-order valence-corrected chi connectivity index (χ1v) is 5.86. The number of rotatable bonds is 3. The zero-order chi connectivity index (χ0) is 14.8. The van der Waals surface area contributed by atoms with Gasteiger partial charge in [0.1, 0.15) is 23.0 Å². The number of nitrogens with zero attached hydrogens (tertiary/aromatic N) is 4. The third-order valence-corrected chi connectivity index (χ3v) is 2.80. The molecule has 0 spiro atoms. The molecule has 0 bridgehead atoms. The van der Waals surface area contributed by atoms with Crippen LogP contribution in [0.3, 0.4) is 0 Å². The number of hydrogen-bond acceptors (Lipinski definition) is 6. The number of para-hydroxylation sites is 1. The van der Waals surface area contributed by atoms with Crippen LogP contribution in [0.4, 0.5) is 5.69 Å². The number of aromatic nitrogens is 3. The Bertz CT molecular complexity index is 859. The lowest BCUT2D eigenvalue weighted by Crippen LogP contribution is -1.92. The van der Waals surface area contributed by atoms with Gasteiger partial charge in [-0.15, -0.1) is 0 Å². The average Bonchev–Trinajstić information content (AvgIpc) is 3.16. The van der Waals surface area contributed by atoms with Gasteiger partial charge in [-0.3, -0.25) is 10.1 Å². The molecule has 0 unspecified atom stereocenters. The Labute approximate surface area is 117 Å². The zero-order valence-corrected chi connectivity index (χ0v) is 10.5. The van der Waals surface area contributed by atoms with Gasteiger partial charge in [-0.25, -0.2) is 0 Å². The van der Waals surface area contributed by atoms with Crippen LogP contribution >= 0.6 is 0 Å². The molecule has 0 amide bonds. The standard InChI is InChI=1S/C13H7N5O3/c14-7-8-5-6-10(15-8)13-16-12(17-21-13)9-3-1-2-4-11(9)18(19)20/h1-6,15H. The van der Waals surface area contributed by atoms with Gasteiger partial charge in [0.05, 0.1) is 4.92 Å². The van der Waals surface area contributed by atoms with Crippen LogP contribution in [0.5, 0.6) is 0 Å². The fourth-order valence-electron chi connectivity index (χ4n) is 1.85. The summed E-state index contributed by atoms with van der Waals surface area (Å²) in [5.41, 5.74) is 0.998. The van der Waals surface area contributed by atoms with Crippen LogP contribution in [-0.2, 0) is 0 Å². The minimum atomic E-state index is -0.506. The van der Waals surface area contributed by atoms with Crippen molar-refractivity contribution in [2.75, 3.05) is 0 Å². The van der Waals surface area contributed by atoms with Crippen molar-refractivity contribution in [1.29, 1.82) is 5.26 Å². The molecule has 3 rings (SSSR count). The second-order valence-corrected chi connectivity index (χ2v) is 4.09. The maximum absolute atomic E-state index is 11.0. The lowest BCUT2D eigenvalue weighted by molar-refractivity contribution is -0.384. The Morgan fingerprint density at radius 2 is 2.10 bits per heavy atom. The number of nitrogens with one attached hydrogen (secondary N) is 1. The quantitative estimate of drug-likeness (QED) is 0.581. The van der Waals surface area contributed by atoms with Crippen molar-refractivity contribution in [3.05, 3.63) is 52.2 Å². The first-order valence-electron chi connectivity index (χ1n) is 5.86. The first kappa shape index (κ1) is 12.6. The molecule has 8 heteroatoms. The molecule has 0 aliphatic carbocycles. The molecule has 1 N–H and O–H groups in total. The molecule has 8 nitrogen and oxygen atoms in total. The number of aromatic amines is 1. The van der Waals surface area contributed by atoms with E-state index in [2.05, 4.69) is 15.1 Å². The predicted molar refractivity (Wildman–Crippen MR) is 70.9 cm³/mol. The van der Waals surface area contributed by atoms with E-state index in [4.69, 9.17) is 9.78 Å². The third kappa shape index (κ3) is 2.23. The van der Waals surface area contributed by atoms with Gasteiger partial charge < -0.3 is 9.51 Å². The summed E-state index contributed by atoms with van der Waals surface area (Å²) in [6, 6.07) is 11.3. The summed E-state index contributed by atoms with van der Waals surface area (Å²) < 4.78 is 5.07. The first-order chi connectivity index (χ1) is 10.2. The molecule has 0 atom stereocenters. The molecule has 2 aromatic heterocycles. The highest BCUT2D eigenvalue weighted by Crippen LogP contribution is 2.28. The molecule has 102 valence electrons. The summed E-state index contributed by atoms with van der Waals surface area (Å²) in [5, 5.41) is 23.5. The lowest BCUT2D eigenvalue weighted by atomic mass is 10.2. The monoisotopic (exact) mass is 281 g/mol. The summed E-state index contributed by atoms with van der Waals surface area (Å²) in [4.78, 5) is 17.4. The van der Waals surface area contributed by atoms with Crippen LogP contribution < -0.4 is 0 Å². The van der Waals surface area contributed by atoms with E-state index >= 15 is 0 Å². The highest BCUT2D eigenvalue weighted by molar-refractivity contribution is 5.68. The average molecular weight is 281 g/mol. The van der Waals surface area contributed by atoms with Crippen molar-refractivity contribution >= 4 is 5.69 Å². The van der Waals surface area contributed by atoms with Crippen LogP contribution in [0.15, 0.2) is 40.9 Å². The van der Waals surface area contributed by atoms with Crippen molar-refractivity contribution in [3.63, 3.8) is 0 Å². The smallest absolute Gasteiger partial charge is 0.280 e. The molecule has 2 heterocycles. The van der Waals surface area contributed by atoms with E-state index in [1.54, 1.807) is 30.3 Å². The van der Waals surface area contributed by atoms with Crippen molar-refractivity contribution in [2.45, 2.75) is 0 Å². The fourth-order valence-corrected chi connectivity index (χ4v) is 1.85. The van der Waals surface area contributed by atoms with Gasteiger partial charge in [-0.1, -0.05) is 17.3 Å². The van der Waals surface area contributed by atoms with Gasteiger partial charge in [-0.2, -0.15) is 10.2 Å². The number of H-pyrrole nitrogens is 1. The molecule has 0 radical (unpaired) electrons. The molecule has 3 aromatic rings. The summed E-state index contributed by atoms with van der Waals surface area (Å²) in [7, 11) is 0. The van der Waals surface area contributed by atoms with Crippen molar-refractivity contribution in [2.24, 2.45) is 0 Å². The minimum absolute atomic E-state index is 0.103. The molecule has 0 aliphatic rings. The SMILES string of the molecule is N#Cc1ccc(-c2nc(-c3ccccc3[N+](=O)[O-])no2)[nH]1. The second-order valence-electron chi connectivity index (χ2n) is 4.09. The molecule has 1 aromatic carbocycles. The van der Waals surface area contributed by atoms with Gasteiger partial charge in [0.15, 0.2) is 0 Å². The zero-order valence-electron chi connectivity index (χ0n) is 10.5. The molecule has 0 saturated heterocycles. The number of nitro groups is 1. The predicted octanol–water partition coefficient (Wildman–Crippen LogP) is 2.51. The number of nitriles is 1. The Hall–Kier alpha value is -3.47. The van der Waals surface area contributed by atoms with Crippen LogP contribution in [0, 0.1) is 21.4 Å². The Kier molecular flexibility index (Phi) is 2.93. The molecule has 0 fully saturated rings. The van der Waals surface area contributed by atoms with E-state index in [9.17, 15) is 10.1 Å². The molecule has 0 saturated carbocycles. The summed E-state index contributed by atoms with van der Waals surface area (Å²) in [5.74, 6) is 0.273. The topological polar surface area (TPSA) is 122 Å². The van der Waals surface area contributed by atoms with Crippen LogP contribution in [0.2, 0.25) is 0 Å². The maximum atomic E-state index is 11.0. The molecule has 0 aliphatic heterocycles. The molecular formula is C13H7N5O3. The highest BCUT2D eigenvalue weighted by Gasteiger charge is 2.20.